The smallest absolute Gasteiger partial charge is 0.191 e. The average molecular weight is 544 g/mol. The van der Waals surface area contributed by atoms with Gasteiger partial charge in [0, 0.05) is 52.2 Å². The molecular formula is C22H37IN6O2. The number of aliphatic imine (C=N–C) groups is 1. The van der Waals surface area contributed by atoms with Crippen molar-refractivity contribution in [2.24, 2.45) is 4.99 Å². The van der Waals surface area contributed by atoms with Crippen LogP contribution in [0.25, 0.3) is 0 Å². The van der Waals surface area contributed by atoms with Crippen LogP contribution in [0.3, 0.4) is 0 Å². The summed E-state index contributed by atoms with van der Waals surface area (Å²) in [5, 5.41) is 10.9. The van der Waals surface area contributed by atoms with Gasteiger partial charge in [-0.2, -0.15) is 5.10 Å². The van der Waals surface area contributed by atoms with Crippen LogP contribution < -0.4 is 15.4 Å². The van der Waals surface area contributed by atoms with E-state index in [4.69, 9.17) is 14.5 Å². The van der Waals surface area contributed by atoms with Gasteiger partial charge in [-0.15, -0.1) is 24.0 Å². The lowest BCUT2D eigenvalue weighted by molar-refractivity contribution is 0.150. The maximum atomic E-state index is 5.90. The van der Waals surface area contributed by atoms with Crippen molar-refractivity contribution in [3.05, 3.63) is 48.3 Å². The third kappa shape index (κ3) is 11.9. The van der Waals surface area contributed by atoms with Crippen molar-refractivity contribution in [2.75, 3.05) is 53.6 Å². The largest absolute Gasteiger partial charge is 0.492 e. The summed E-state index contributed by atoms with van der Waals surface area (Å²) in [4.78, 5) is 6.89. The molecule has 0 bridgehead atoms. The molecule has 9 heteroatoms. The number of nitrogens with one attached hydrogen (secondary N) is 2. The fraction of sp³-hybridized carbons (Fsp3) is 0.545. The highest BCUT2D eigenvalue weighted by atomic mass is 127. The van der Waals surface area contributed by atoms with Crippen LogP contribution in [0.1, 0.15) is 18.9 Å². The van der Waals surface area contributed by atoms with E-state index in [1.807, 2.05) is 29.1 Å². The van der Waals surface area contributed by atoms with E-state index >= 15 is 0 Å². The Morgan fingerprint density at radius 1 is 1.19 bits per heavy atom. The number of guanidine groups is 1. The normalized spacial score (nSPS) is 11.3. The van der Waals surface area contributed by atoms with E-state index in [1.165, 1.54) is 0 Å². The number of likely N-dealkylation sites (N-methyl/N-ethyl adjacent to an activating group) is 1. The van der Waals surface area contributed by atoms with Crippen LogP contribution in [0.4, 0.5) is 0 Å². The molecule has 1 aromatic heterocycles. The molecule has 1 aromatic carbocycles. The number of hydrogen-bond donors (Lipinski definition) is 2. The molecule has 2 aromatic rings. The molecule has 1 heterocycles. The first kappa shape index (κ1) is 27.2. The Bertz CT molecular complexity index is 727. The molecule has 174 valence electrons. The van der Waals surface area contributed by atoms with Crippen molar-refractivity contribution in [1.29, 1.82) is 0 Å². The van der Waals surface area contributed by atoms with Crippen molar-refractivity contribution >= 4 is 29.9 Å². The van der Waals surface area contributed by atoms with Crippen molar-refractivity contribution < 1.29 is 9.47 Å². The molecule has 8 nitrogen and oxygen atoms in total. The second-order valence-corrected chi connectivity index (χ2v) is 7.04. The van der Waals surface area contributed by atoms with Crippen LogP contribution in [0, 0.1) is 0 Å². The first-order valence-electron chi connectivity index (χ1n) is 10.6. The summed E-state index contributed by atoms with van der Waals surface area (Å²) in [5.74, 6) is 1.70. The molecule has 0 aliphatic rings. The second kappa shape index (κ2) is 16.8. The van der Waals surface area contributed by atoms with Gasteiger partial charge >= 0.3 is 0 Å². The number of ether oxygens (including phenoxy) is 2. The minimum Gasteiger partial charge on any atom is -0.492 e. The number of aromatic nitrogens is 2. The molecule has 31 heavy (non-hydrogen) atoms. The van der Waals surface area contributed by atoms with Crippen LogP contribution in [0.5, 0.6) is 5.75 Å². The molecule has 0 saturated carbocycles. The van der Waals surface area contributed by atoms with Crippen molar-refractivity contribution in [1.82, 2.24) is 25.3 Å². The van der Waals surface area contributed by atoms with Crippen LogP contribution >= 0.6 is 24.0 Å². The number of hydrogen-bond acceptors (Lipinski definition) is 5. The Labute approximate surface area is 203 Å². The zero-order valence-electron chi connectivity index (χ0n) is 18.9. The van der Waals surface area contributed by atoms with Crippen LogP contribution in [0.15, 0.2) is 47.7 Å². The number of rotatable bonds is 14. The van der Waals surface area contributed by atoms with E-state index in [2.05, 4.69) is 46.7 Å². The zero-order chi connectivity index (χ0) is 21.4. The van der Waals surface area contributed by atoms with Crippen molar-refractivity contribution in [2.45, 2.75) is 26.4 Å². The molecular weight excluding hydrogens is 507 g/mol. The fourth-order valence-corrected chi connectivity index (χ4v) is 2.80. The quantitative estimate of drug-likeness (QED) is 0.165. The highest BCUT2D eigenvalue weighted by Gasteiger charge is 2.02. The molecule has 0 aliphatic heterocycles. The zero-order valence-corrected chi connectivity index (χ0v) is 21.2. The Morgan fingerprint density at radius 3 is 2.77 bits per heavy atom. The molecule has 0 spiro atoms. The van der Waals surface area contributed by atoms with Crippen LogP contribution in [0.2, 0.25) is 0 Å². The summed E-state index contributed by atoms with van der Waals surface area (Å²) in [7, 11) is 3.79. The summed E-state index contributed by atoms with van der Waals surface area (Å²) in [6, 6.07) is 10.1. The predicted octanol–water partition coefficient (Wildman–Crippen LogP) is 2.60. The minimum absolute atomic E-state index is 0. The Balaban J connectivity index is 0.00000480. The average Bonchev–Trinajstić information content (AvgIpc) is 3.27. The molecule has 2 rings (SSSR count). The molecule has 2 N–H and O–H groups in total. The van der Waals surface area contributed by atoms with E-state index in [0.717, 1.165) is 63.0 Å². The van der Waals surface area contributed by atoms with Gasteiger partial charge in [0.2, 0.25) is 0 Å². The maximum absolute atomic E-state index is 5.90. The SMILES string of the molecule is CCNC(=NCc1cccc(OCCN(C)CCOC)c1)NCCCn1cccn1.I. The third-order valence-corrected chi connectivity index (χ3v) is 4.50. The molecule has 0 atom stereocenters. The van der Waals surface area contributed by atoms with Gasteiger partial charge in [0.1, 0.15) is 12.4 Å². The molecule has 0 unspecified atom stereocenters. The van der Waals surface area contributed by atoms with E-state index in [-0.39, 0.29) is 24.0 Å². The number of methoxy groups -OCH3 is 1. The van der Waals surface area contributed by atoms with E-state index in [1.54, 1.807) is 13.3 Å². The lowest BCUT2D eigenvalue weighted by atomic mass is 10.2. The first-order chi connectivity index (χ1) is 14.7. The van der Waals surface area contributed by atoms with Crippen molar-refractivity contribution in [3.8, 4) is 5.75 Å². The monoisotopic (exact) mass is 544 g/mol. The third-order valence-electron chi connectivity index (χ3n) is 4.50. The Kier molecular flexibility index (Phi) is 14.7. The fourth-order valence-electron chi connectivity index (χ4n) is 2.80. The molecule has 0 amide bonds. The summed E-state index contributed by atoms with van der Waals surface area (Å²) < 4.78 is 12.9. The predicted molar refractivity (Wildman–Crippen MR) is 136 cm³/mol. The van der Waals surface area contributed by atoms with Gasteiger partial charge in [-0.25, -0.2) is 4.99 Å². The number of benzene rings is 1. The molecule has 0 saturated heterocycles. The molecule has 0 fully saturated rings. The van der Waals surface area contributed by atoms with Crippen LogP contribution in [-0.2, 0) is 17.8 Å². The lowest BCUT2D eigenvalue weighted by Gasteiger charge is -2.16. The van der Waals surface area contributed by atoms with Crippen LogP contribution in [-0.4, -0.2) is 74.2 Å². The number of nitrogens with zero attached hydrogens (tertiary/aromatic N) is 4. The van der Waals surface area contributed by atoms with E-state index in [0.29, 0.717) is 13.2 Å². The molecule has 0 radical (unpaired) electrons. The van der Waals surface area contributed by atoms with Gasteiger partial charge in [0.05, 0.1) is 13.2 Å². The molecule has 0 aliphatic carbocycles. The number of halogens is 1. The van der Waals surface area contributed by atoms with Crippen molar-refractivity contribution in [3.63, 3.8) is 0 Å². The summed E-state index contributed by atoms with van der Waals surface area (Å²) in [6.45, 7) is 8.35. The summed E-state index contributed by atoms with van der Waals surface area (Å²) >= 11 is 0. The summed E-state index contributed by atoms with van der Waals surface area (Å²) in [6.07, 6.45) is 4.76. The van der Waals surface area contributed by atoms with E-state index in [9.17, 15) is 0 Å². The number of aryl methyl sites for hydroxylation is 1. The lowest BCUT2D eigenvalue weighted by Crippen LogP contribution is -2.38. The highest BCUT2D eigenvalue weighted by Crippen LogP contribution is 2.14. The topological polar surface area (TPSA) is 75.9 Å². The first-order valence-corrected chi connectivity index (χ1v) is 10.6. The minimum atomic E-state index is 0. The second-order valence-electron chi connectivity index (χ2n) is 7.04. The maximum Gasteiger partial charge on any atom is 0.191 e. The van der Waals surface area contributed by atoms with Gasteiger partial charge in [-0.3, -0.25) is 4.68 Å². The van der Waals surface area contributed by atoms with Gasteiger partial charge in [0.25, 0.3) is 0 Å². The summed E-state index contributed by atoms with van der Waals surface area (Å²) in [5.41, 5.74) is 1.12. The van der Waals surface area contributed by atoms with Gasteiger partial charge in [0.15, 0.2) is 5.96 Å². The highest BCUT2D eigenvalue weighted by molar-refractivity contribution is 14.0. The van der Waals surface area contributed by atoms with E-state index < -0.39 is 0 Å². The Morgan fingerprint density at radius 2 is 2.03 bits per heavy atom. The van der Waals surface area contributed by atoms with Gasteiger partial charge < -0.3 is 25.0 Å². The Hall–Kier alpha value is -1.85. The van der Waals surface area contributed by atoms with Gasteiger partial charge in [-0.05, 0) is 44.2 Å². The standard InChI is InChI=1S/C22H36N6O2.HI/c1-4-23-22(24-10-6-12-28-13-7-11-26-28)25-19-20-8-5-9-21(18-20)30-17-15-27(2)14-16-29-3;/h5,7-9,11,13,18H,4,6,10,12,14-17,19H2,1-3H3,(H2,23,24,25);1H. The van der Waals surface area contributed by atoms with Gasteiger partial charge in [-0.1, -0.05) is 12.1 Å².